The van der Waals surface area contributed by atoms with Gasteiger partial charge < -0.3 is 4.90 Å². The van der Waals surface area contributed by atoms with Gasteiger partial charge in [-0.15, -0.1) is 0 Å². The third-order valence-corrected chi connectivity index (χ3v) is 5.53. The molecule has 0 aliphatic carbocycles. The smallest absolute Gasteiger partial charge is 0.253 e. The van der Waals surface area contributed by atoms with Crippen molar-refractivity contribution in [1.29, 1.82) is 0 Å². The molecule has 0 unspecified atom stereocenters. The SMILES string of the molecule is Cc1cc(Cc2ccccc2F)cc([C@H]2CCCN(C(=O)c3ccccc3)C2)n1. The monoisotopic (exact) mass is 388 g/mol. The standard InChI is InChI=1S/C25H25FN2O/c1-18-14-19(15-21-10-5-6-12-23(21)26)16-24(27-18)22-11-7-13-28(17-22)25(29)20-8-3-2-4-9-20/h2-6,8-10,12,14,16,22H,7,11,13,15,17H2,1H3/t22-/m0/s1. The van der Waals surface area contributed by atoms with Crippen molar-refractivity contribution < 1.29 is 9.18 Å². The number of halogens is 1. The van der Waals surface area contributed by atoms with Gasteiger partial charge in [0, 0.05) is 42.4 Å². The minimum Gasteiger partial charge on any atom is -0.338 e. The van der Waals surface area contributed by atoms with Gasteiger partial charge in [0.05, 0.1) is 0 Å². The summed E-state index contributed by atoms with van der Waals surface area (Å²) in [5.74, 6) is 0.103. The van der Waals surface area contributed by atoms with E-state index in [0.29, 0.717) is 18.5 Å². The molecule has 3 aromatic rings. The first-order valence-corrected chi connectivity index (χ1v) is 10.2. The summed E-state index contributed by atoms with van der Waals surface area (Å²) < 4.78 is 14.1. The van der Waals surface area contributed by atoms with Crippen molar-refractivity contribution in [3.05, 3.63) is 101 Å². The largest absolute Gasteiger partial charge is 0.338 e. The van der Waals surface area contributed by atoms with E-state index < -0.39 is 0 Å². The van der Waals surface area contributed by atoms with Crippen LogP contribution in [0.3, 0.4) is 0 Å². The van der Waals surface area contributed by atoms with E-state index in [-0.39, 0.29) is 17.6 Å². The Labute approximate surface area is 171 Å². The van der Waals surface area contributed by atoms with Crippen LogP contribution in [0.15, 0.2) is 66.7 Å². The number of rotatable bonds is 4. The Kier molecular flexibility index (Phi) is 5.70. The second-order valence-electron chi connectivity index (χ2n) is 7.77. The van der Waals surface area contributed by atoms with Gasteiger partial charge in [-0.05, 0) is 61.2 Å². The lowest BCUT2D eigenvalue weighted by Gasteiger charge is -2.33. The molecule has 148 valence electrons. The highest BCUT2D eigenvalue weighted by Gasteiger charge is 2.26. The van der Waals surface area contributed by atoms with E-state index in [1.165, 1.54) is 6.07 Å². The number of benzene rings is 2. The molecule has 1 saturated heterocycles. The molecule has 2 heterocycles. The van der Waals surface area contributed by atoms with E-state index in [0.717, 1.165) is 41.9 Å². The summed E-state index contributed by atoms with van der Waals surface area (Å²) in [6, 6.07) is 20.4. The van der Waals surface area contributed by atoms with E-state index in [1.807, 2.05) is 60.4 Å². The number of amides is 1. The Morgan fingerprint density at radius 3 is 2.66 bits per heavy atom. The zero-order valence-corrected chi connectivity index (χ0v) is 16.6. The van der Waals surface area contributed by atoms with Gasteiger partial charge in [-0.1, -0.05) is 36.4 Å². The van der Waals surface area contributed by atoms with Gasteiger partial charge in [-0.3, -0.25) is 9.78 Å². The lowest BCUT2D eigenvalue weighted by Crippen LogP contribution is -2.39. The lowest BCUT2D eigenvalue weighted by atomic mass is 9.92. The van der Waals surface area contributed by atoms with Crippen molar-refractivity contribution >= 4 is 5.91 Å². The summed E-state index contributed by atoms with van der Waals surface area (Å²) in [4.78, 5) is 19.5. The number of aromatic nitrogens is 1. The Balaban J connectivity index is 1.54. The first-order valence-electron chi connectivity index (χ1n) is 10.2. The second-order valence-corrected chi connectivity index (χ2v) is 7.77. The van der Waals surface area contributed by atoms with Crippen LogP contribution in [-0.4, -0.2) is 28.9 Å². The lowest BCUT2D eigenvalue weighted by molar-refractivity contribution is 0.0706. The van der Waals surface area contributed by atoms with Crippen LogP contribution in [0, 0.1) is 12.7 Å². The molecular weight excluding hydrogens is 363 g/mol. The highest BCUT2D eigenvalue weighted by Crippen LogP contribution is 2.28. The third-order valence-electron chi connectivity index (χ3n) is 5.53. The summed E-state index contributed by atoms with van der Waals surface area (Å²) in [6.07, 6.45) is 2.51. The fraction of sp³-hybridized carbons (Fsp3) is 0.280. The fourth-order valence-electron chi connectivity index (χ4n) is 4.11. The molecule has 0 saturated carbocycles. The van der Waals surface area contributed by atoms with E-state index in [2.05, 4.69) is 6.07 Å². The van der Waals surface area contributed by atoms with Crippen LogP contribution in [0.4, 0.5) is 4.39 Å². The van der Waals surface area contributed by atoms with Crippen LogP contribution < -0.4 is 0 Å². The molecule has 0 radical (unpaired) electrons. The van der Waals surface area contributed by atoms with Crippen molar-refractivity contribution in [3.8, 4) is 0 Å². The maximum absolute atomic E-state index is 14.1. The molecule has 1 fully saturated rings. The number of hydrogen-bond donors (Lipinski definition) is 0. The van der Waals surface area contributed by atoms with Crippen LogP contribution in [-0.2, 0) is 6.42 Å². The minimum absolute atomic E-state index is 0.0783. The molecule has 4 heteroatoms. The average Bonchev–Trinajstić information content (AvgIpc) is 2.75. The highest BCUT2D eigenvalue weighted by molar-refractivity contribution is 5.94. The average molecular weight is 388 g/mol. The van der Waals surface area contributed by atoms with E-state index >= 15 is 0 Å². The zero-order valence-electron chi connectivity index (χ0n) is 16.6. The van der Waals surface area contributed by atoms with Crippen molar-refractivity contribution in [2.75, 3.05) is 13.1 Å². The Hall–Kier alpha value is -3.01. The maximum Gasteiger partial charge on any atom is 0.253 e. The van der Waals surface area contributed by atoms with Gasteiger partial charge in [0.15, 0.2) is 0 Å². The molecule has 1 aromatic heterocycles. The zero-order chi connectivity index (χ0) is 20.2. The molecule has 29 heavy (non-hydrogen) atoms. The van der Waals surface area contributed by atoms with Crippen molar-refractivity contribution in [2.45, 2.75) is 32.1 Å². The van der Waals surface area contributed by atoms with Gasteiger partial charge >= 0.3 is 0 Å². The first-order chi connectivity index (χ1) is 14.1. The minimum atomic E-state index is -0.180. The number of nitrogens with zero attached hydrogens (tertiary/aromatic N) is 2. The number of aryl methyl sites for hydroxylation is 1. The van der Waals surface area contributed by atoms with Crippen LogP contribution in [0.2, 0.25) is 0 Å². The second kappa shape index (κ2) is 8.56. The predicted molar refractivity (Wildman–Crippen MR) is 113 cm³/mol. The number of carbonyl (C=O) groups is 1. The first kappa shape index (κ1) is 19.3. The Bertz CT molecular complexity index is 1000. The number of hydrogen-bond acceptors (Lipinski definition) is 2. The maximum atomic E-state index is 14.1. The van der Waals surface area contributed by atoms with Gasteiger partial charge in [-0.25, -0.2) is 4.39 Å². The molecule has 1 amide bonds. The summed E-state index contributed by atoms with van der Waals surface area (Å²) in [5.41, 5.74) is 4.41. The summed E-state index contributed by atoms with van der Waals surface area (Å²) in [6.45, 7) is 3.42. The molecule has 1 aliphatic rings. The summed E-state index contributed by atoms with van der Waals surface area (Å²) >= 11 is 0. The van der Waals surface area contributed by atoms with Crippen molar-refractivity contribution in [3.63, 3.8) is 0 Å². The highest BCUT2D eigenvalue weighted by atomic mass is 19.1. The van der Waals surface area contributed by atoms with Crippen molar-refractivity contribution in [1.82, 2.24) is 9.88 Å². The van der Waals surface area contributed by atoms with Crippen LogP contribution >= 0.6 is 0 Å². The van der Waals surface area contributed by atoms with Crippen LogP contribution in [0.1, 0.15) is 51.6 Å². The quantitative estimate of drug-likeness (QED) is 0.620. The summed E-state index contributed by atoms with van der Waals surface area (Å²) in [5, 5.41) is 0. The molecule has 0 N–H and O–H groups in total. The third kappa shape index (κ3) is 4.53. The van der Waals surface area contributed by atoms with E-state index in [4.69, 9.17) is 4.98 Å². The normalized spacial score (nSPS) is 16.6. The Morgan fingerprint density at radius 1 is 1.10 bits per heavy atom. The molecule has 3 nitrogen and oxygen atoms in total. The van der Waals surface area contributed by atoms with E-state index in [9.17, 15) is 9.18 Å². The molecule has 1 atom stereocenters. The van der Waals surface area contributed by atoms with Gasteiger partial charge in [-0.2, -0.15) is 0 Å². The topological polar surface area (TPSA) is 33.2 Å². The number of piperidine rings is 1. The van der Waals surface area contributed by atoms with Crippen LogP contribution in [0.25, 0.3) is 0 Å². The molecular formula is C25H25FN2O. The molecule has 4 rings (SSSR count). The Morgan fingerprint density at radius 2 is 1.86 bits per heavy atom. The van der Waals surface area contributed by atoms with Crippen LogP contribution in [0.5, 0.6) is 0 Å². The van der Waals surface area contributed by atoms with Gasteiger partial charge in [0.2, 0.25) is 0 Å². The molecule has 2 aromatic carbocycles. The number of likely N-dealkylation sites (tertiary alicyclic amines) is 1. The van der Waals surface area contributed by atoms with Gasteiger partial charge in [0.1, 0.15) is 5.82 Å². The number of pyridine rings is 1. The fourth-order valence-corrected chi connectivity index (χ4v) is 4.11. The predicted octanol–water partition coefficient (Wildman–Crippen LogP) is 5.14. The molecule has 0 spiro atoms. The van der Waals surface area contributed by atoms with Gasteiger partial charge in [0.25, 0.3) is 5.91 Å². The molecule has 1 aliphatic heterocycles. The number of carbonyl (C=O) groups excluding carboxylic acids is 1. The summed E-state index contributed by atoms with van der Waals surface area (Å²) in [7, 11) is 0. The van der Waals surface area contributed by atoms with Crippen molar-refractivity contribution in [2.24, 2.45) is 0 Å². The molecule has 0 bridgehead atoms. The van der Waals surface area contributed by atoms with E-state index in [1.54, 1.807) is 6.07 Å².